The molecule has 0 aliphatic rings. The summed E-state index contributed by atoms with van der Waals surface area (Å²) in [5, 5.41) is 22.0. The Balaban J connectivity index is 1.98. The summed E-state index contributed by atoms with van der Waals surface area (Å²) in [6, 6.07) is 12.6. The lowest BCUT2D eigenvalue weighted by atomic mass is 10.2. The zero-order valence-electron chi connectivity index (χ0n) is 12.3. The number of aryl methyl sites for hydroxylation is 1. The molecule has 2 aromatic carbocycles. The van der Waals surface area contributed by atoms with Gasteiger partial charge in [0.2, 0.25) is 0 Å². The smallest absolute Gasteiger partial charge is 0.271 e. The number of ether oxygens (including phenoxy) is 1. The lowest BCUT2D eigenvalue weighted by Gasteiger charge is -2.09. The van der Waals surface area contributed by atoms with Crippen molar-refractivity contribution >= 4 is 17.3 Å². The van der Waals surface area contributed by atoms with Crippen LogP contribution < -0.4 is 10.1 Å². The molecule has 7 nitrogen and oxygen atoms in total. The maximum Gasteiger partial charge on any atom is 0.271 e. The van der Waals surface area contributed by atoms with Gasteiger partial charge in [0, 0.05) is 12.1 Å². The van der Waals surface area contributed by atoms with E-state index in [2.05, 4.69) is 5.32 Å². The number of carbonyl (C=O) groups excluding carboxylic acids is 1. The summed E-state index contributed by atoms with van der Waals surface area (Å²) in [6.07, 6.45) is 0. The highest BCUT2D eigenvalue weighted by Crippen LogP contribution is 2.21. The molecule has 0 heterocycles. The molecule has 23 heavy (non-hydrogen) atoms. The first-order valence-electron chi connectivity index (χ1n) is 6.67. The monoisotopic (exact) mass is 311 g/mol. The van der Waals surface area contributed by atoms with E-state index in [1.165, 1.54) is 12.1 Å². The van der Waals surface area contributed by atoms with Crippen LogP contribution in [0.3, 0.4) is 0 Å². The van der Waals surface area contributed by atoms with E-state index < -0.39 is 10.8 Å². The summed E-state index contributed by atoms with van der Waals surface area (Å²) in [7, 11) is 0. The maximum absolute atomic E-state index is 11.9. The number of rotatable bonds is 5. The van der Waals surface area contributed by atoms with E-state index in [9.17, 15) is 14.9 Å². The van der Waals surface area contributed by atoms with Gasteiger partial charge in [-0.25, -0.2) is 0 Å². The number of carbonyl (C=O) groups is 1. The molecule has 116 valence electrons. The molecule has 0 radical (unpaired) electrons. The van der Waals surface area contributed by atoms with E-state index in [1.54, 1.807) is 37.3 Å². The first kappa shape index (κ1) is 16.0. The van der Waals surface area contributed by atoms with Gasteiger partial charge in [-0.05, 0) is 36.8 Å². The SMILES string of the molecule is Cc1ccc([N+](=O)[O-])cc1NC(=O)COc1ccc(C#N)cc1. The molecule has 0 unspecified atom stereocenters. The van der Waals surface area contributed by atoms with Gasteiger partial charge in [0.05, 0.1) is 22.2 Å². The van der Waals surface area contributed by atoms with Crippen molar-refractivity contribution in [2.24, 2.45) is 0 Å². The number of nitrogens with zero attached hydrogens (tertiary/aromatic N) is 2. The summed E-state index contributed by atoms with van der Waals surface area (Å²) in [4.78, 5) is 22.1. The Morgan fingerprint density at radius 1 is 1.30 bits per heavy atom. The van der Waals surface area contributed by atoms with Crippen LogP contribution in [-0.4, -0.2) is 17.4 Å². The Bertz CT molecular complexity index is 779. The number of hydrogen-bond acceptors (Lipinski definition) is 5. The van der Waals surface area contributed by atoms with E-state index in [0.29, 0.717) is 22.6 Å². The fraction of sp³-hybridized carbons (Fsp3) is 0.125. The molecule has 0 aliphatic carbocycles. The Morgan fingerprint density at radius 2 is 2.00 bits per heavy atom. The summed E-state index contributed by atoms with van der Waals surface area (Å²) < 4.78 is 5.30. The second kappa shape index (κ2) is 7.04. The second-order valence-electron chi connectivity index (χ2n) is 4.73. The first-order chi connectivity index (χ1) is 11.0. The predicted octanol–water partition coefficient (Wildman–Crippen LogP) is 2.79. The number of hydrogen-bond donors (Lipinski definition) is 1. The van der Waals surface area contributed by atoms with Crippen molar-refractivity contribution in [3.8, 4) is 11.8 Å². The largest absolute Gasteiger partial charge is 0.484 e. The molecule has 0 bridgehead atoms. The van der Waals surface area contributed by atoms with Gasteiger partial charge in [0.1, 0.15) is 5.75 Å². The van der Waals surface area contributed by atoms with Gasteiger partial charge < -0.3 is 10.1 Å². The molecule has 0 aliphatic heterocycles. The molecule has 0 saturated heterocycles. The van der Waals surface area contributed by atoms with E-state index in [4.69, 9.17) is 10.00 Å². The van der Waals surface area contributed by atoms with Crippen molar-refractivity contribution in [3.05, 3.63) is 63.7 Å². The topological polar surface area (TPSA) is 105 Å². The number of nitro benzene ring substituents is 1. The van der Waals surface area contributed by atoms with Gasteiger partial charge >= 0.3 is 0 Å². The van der Waals surface area contributed by atoms with Crippen LogP contribution >= 0.6 is 0 Å². The molecule has 7 heteroatoms. The number of benzene rings is 2. The van der Waals surface area contributed by atoms with E-state index in [1.807, 2.05) is 6.07 Å². The van der Waals surface area contributed by atoms with Crippen molar-refractivity contribution in [1.82, 2.24) is 0 Å². The van der Waals surface area contributed by atoms with E-state index in [0.717, 1.165) is 0 Å². The summed E-state index contributed by atoms with van der Waals surface area (Å²) >= 11 is 0. The highest BCUT2D eigenvalue weighted by Gasteiger charge is 2.11. The number of amides is 1. The number of nitriles is 1. The van der Waals surface area contributed by atoms with Gasteiger partial charge in [-0.1, -0.05) is 6.07 Å². The first-order valence-corrected chi connectivity index (χ1v) is 6.67. The van der Waals surface area contributed by atoms with Gasteiger partial charge in [-0.3, -0.25) is 14.9 Å². The third kappa shape index (κ3) is 4.28. The molecule has 0 aromatic heterocycles. The third-order valence-corrected chi connectivity index (χ3v) is 3.06. The molecule has 0 fully saturated rings. The van der Waals surface area contributed by atoms with Crippen LogP contribution in [0.15, 0.2) is 42.5 Å². The summed E-state index contributed by atoms with van der Waals surface area (Å²) in [6.45, 7) is 1.49. The number of nitrogens with one attached hydrogen (secondary N) is 1. The average molecular weight is 311 g/mol. The normalized spacial score (nSPS) is 9.74. The minimum Gasteiger partial charge on any atom is -0.484 e. The van der Waals surface area contributed by atoms with Crippen molar-refractivity contribution in [2.45, 2.75) is 6.92 Å². The predicted molar refractivity (Wildman–Crippen MR) is 83.1 cm³/mol. The minimum atomic E-state index is -0.525. The van der Waals surface area contributed by atoms with Crippen molar-refractivity contribution < 1.29 is 14.5 Å². The standard InChI is InChI=1S/C16H13N3O4/c1-11-2-5-13(19(21)22)8-15(11)18-16(20)10-23-14-6-3-12(9-17)4-7-14/h2-8H,10H2,1H3,(H,18,20). The quantitative estimate of drug-likeness (QED) is 0.675. The van der Waals surface area contributed by atoms with Crippen molar-refractivity contribution in [3.63, 3.8) is 0 Å². The Kier molecular flexibility index (Phi) is 4.89. The lowest BCUT2D eigenvalue weighted by Crippen LogP contribution is -2.20. The Morgan fingerprint density at radius 3 is 2.61 bits per heavy atom. The van der Waals surface area contributed by atoms with Gasteiger partial charge in [0.25, 0.3) is 11.6 Å². The molecule has 0 atom stereocenters. The highest BCUT2D eigenvalue weighted by atomic mass is 16.6. The zero-order chi connectivity index (χ0) is 16.8. The number of non-ortho nitro benzene ring substituents is 1. The lowest BCUT2D eigenvalue weighted by molar-refractivity contribution is -0.384. The maximum atomic E-state index is 11.9. The van der Waals surface area contributed by atoms with Crippen LogP contribution in [-0.2, 0) is 4.79 Å². The number of anilines is 1. The Hall–Kier alpha value is -3.40. The van der Waals surface area contributed by atoms with Gasteiger partial charge in [-0.15, -0.1) is 0 Å². The minimum absolute atomic E-state index is 0.0982. The molecule has 1 N–H and O–H groups in total. The van der Waals surface area contributed by atoms with Crippen LogP contribution in [0.25, 0.3) is 0 Å². The molecular weight excluding hydrogens is 298 g/mol. The van der Waals surface area contributed by atoms with E-state index >= 15 is 0 Å². The highest BCUT2D eigenvalue weighted by molar-refractivity contribution is 5.93. The van der Waals surface area contributed by atoms with Crippen LogP contribution in [0.2, 0.25) is 0 Å². The van der Waals surface area contributed by atoms with Gasteiger partial charge in [-0.2, -0.15) is 5.26 Å². The fourth-order valence-corrected chi connectivity index (χ4v) is 1.82. The molecule has 1 amide bonds. The van der Waals surface area contributed by atoms with Crippen LogP contribution in [0.4, 0.5) is 11.4 Å². The molecule has 2 rings (SSSR count). The van der Waals surface area contributed by atoms with Crippen molar-refractivity contribution in [2.75, 3.05) is 11.9 Å². The third-order valence-electron chi connectivity index (χ3n) is 3.06. The van der Waals surface area contributed by atoms with E-state index in [-0.39, 0.29) is 12.3 Å². The molecule has 0 saturated carbocycles. The summed E-state index contributed by atoms with van der Waals surface area (Å²) in [5.41, 5.74) is 1.47. The number of nitro groups is 1. The van der Waals surface area contributed by atoms with Crippen LogP contribution in [0.5, 0.6) is 5.75 Å². The molecule has 2 aromatic rings. The average Bonchev–Trinajstić information content (AvgIpc) is 2.55. The summed E-state index contributed by atoms with van der Waals surface area (Å²) in [5.74, 6) is 0.0212. The fourth-order valence-electron chi connectivity index (χ4n) is 1.82. The van der Waals surface area contributed by atoms with Crippen LogP contribution in [0.1, 0.15) is 11.1 Å². The second-order valence-corrected chi connectivity index (χ2v) is 4.73. The molecule has 0 spiro atoms. The zero-order valence-corrected chi connectivity index (χ0v) is 12.3. The van der Waals surface area contributed by atoms with Crippen LogP contribution in [0, 0.1) is 28.4 Å². The van der Waals surface area contributed by atoms with Crippen molar-refractivity contribution in [1.29, 1.82) is 5.26 Å². The molecular formula is C16H13N3O4. The van der Waals surface area contributed by atoms with Gasteiger partial charge in [0.15, 0.2) is 6.61 Å². The Labute approximate surface area is 132 Å².